The number of amides is 2. The van der Waals surface area contributed by atoms with Gasteiger partial charge in [-0.2, -0.15) is 0 Å². The second-order valence-electron chi connectivity index (χ2n) is 10.1. The number of fused-ring (bicyclic) bond motifs is 1. The van der Waals surface area contributed by atoms with Crippen LogP contribution in [-0.2, 0) is 27.3 Å². The molecule has 7 heteroatoms. The molecule has 32 heavy (non-hydrogen) atoms. The number of nitrogens with zero attached hydrogens (tertiary/aromatic N) is 1. The molecule has 0 radical (unpaired) electrons. The Morgan fingerprint density at radius 3 is 2.31 bits per heavy atom. The van der Waals surface area contributed by atoms with Gasteiger partial charge in [0.15, 0.2) is 0 Å². The summed E-state index contributed by atoms with van der Waals surface area (Å²) in [6.45, 7) is 11.7. The quantitative estimate of drug-likeness (QED) is 0.563. The average Bonchev–Trinajstić information content (AvgIpc) is 2.72. The zero-order valence-corrected chi connectivity index (χ0v) is 20.2. The average molecular weight is 444 g/mol. The summed E-state index contributed by atoms with van der Waals surface area (Å²) in [5.41, 5.74) is 1.97. The SMILES string of the molecule is C/C(=C\[C@H](C(C)C)N(C)C(=O)[C@@H](NC(=O)C1Cc2ccccc2CN1)C(C)(C)C)C(=O)O. The van der Waals surface area contributed by atoms with Gasteiger partial charge >= 0.3 is 5.97 Å². The van der Waals surface area contributed by atoms with Crippen molar-refractivity contribution in [3.05, 3.63) is 47.0 Å². The van der Waals surface area contributed by atoms with Crippen molar-refractivity contribution in [1.29, 1.82) is 0 Å². The Balaban J connectivity index is 2.22. The second-order valence-corrected chi connectivity index (χ2v) is 10.1. The van der Waals surface area contributed by atoms with Crippen LogP contribution in [0.25, 0.3) is 0 Å². The fourth-order valence-electron chi connectivity index (χ4n) is 3.96. The Morgan fingerprint density at radius 1 is 1.19 bits per heavy atom. The standard InChI is InChI=1S/C25H37N3O4/c1-15(2)20(12-16(3)24(31)32)28(7)23(30)21(25(4,5)6)27-22(29)19-13-17-10-8-9-11-18(17)14-26-19/h8-12,15,19-21,26H,13-14H2,1-7H3,(H,27,29)(H,31,32)/b16-12+/t19?,20-,21-/m1/s1. The number of benzene rings is 1. The van der Waals surface area contributed by atoms with Crippen molar-refractivity contribution in [2.75, 3.05) is 7.05 Å². The zero-order valence-electron chi connectivity index (χ0n) is 20.2. The molecule has 0 saturated heterocycles. The molecule has 1 aromatic rings. The first-order chi connectivity index (χ1) is 14.8. The van der Waals surface area contributed by atoms with Gasteiger partial charge in [0.25, 0.3) is 0 Å². The molecule has 0 bridgehead atoms. The van der Waals surface area contributed by atoms with E-state index in [1.807, 2.05) is 58.9 Å². The number of nitrogens with one attached hydrogen (secondary N) is 2. The summed E-state index contributed by atoms with van der Waals surface area (Å²) in [6.07, 6.45) is 2.17. The van der Waals surface area contributed by atoms with Gasteiger partial charge in [-0.1, -0.05) is 65.0 Å². The normalized spacial score (nSPS) is 18.5. The lowest BCUT2D eigenvalue weighted by Crippen LogP contribution is -2.59. The number of hydrogen-bond acceptors (Lipinski definition) is 4. The lowest BCUT2D eigenvalue weighted by atomic mass is 9.84. The molecule has 0 aromatic heterocycles. The number of hydrogen-bond donors (Lipinski definition) is 3. The third-order valence-electron chi connectivity index (χ3n) is 6.03. The molecule has 1 heterocycles. The van der Waals surface area contributed by atoms with Crippen LogP contribution in [0.4, 0.5) is 0 Å². The van der Waals surface area contributed by atoms with Crippen LogP contribution in [0.5, 0.6) is 0 Å². The molecular weight excluding hydrogens is 406 g/mol. The second kappa shape index (κ2) is 10.3. The van der Waals surface area contributed by atoms with Gasteiger partial charge in [0, 0.05) is 19.2 Å². The van der Waals surface area contributed by atoms with E-state index in [1.54, 1.807) is 18.0 Å². The molecule has 7 nitrogen and oxygen atoms in total. The first kappa shape index (κ1) is 25.6. The van der Waals surface area contributed by atoms with Crippen molar-refractivity contribution < 1.29 is 19.5 Å². The molecule has 176 valence electrons. The monoisotopic (exact) mass is 443 g/mol. The molecular formula is C25H37N3O4. The van der Waals surface area contributed by atoms with E-state index < -0.39 is 29.5 Å². The van der Waals surface area contributed by atoms with Crippen molar-refractivity contribution >= 4 is 17.8 Å². The van der Waals surface area contributed by atoms with E-state index in [9.17, 15) is 19.5 Å². The topological polar surface area (TPSA) is 98.7 Å². The van der Waals surface area contributed by atoms with Crippen molar-refractivity contribution in [2.24, 2.45) is 11.3 Å². The van der Waals surface area contributed by atoms with Gasteiger partial charge in [-0.25, -0.2) is 4.79 Å². The molecule has 1 aromatic carbocycles. The summed E-state index contributed by atoms with van der Waals surface area (Å²) < 4.78 is 0. The number of likely N-dealkylation sites (N-methyl/N-ethyl adjacent to an activating group) is 1. The van der Waals surface area contributed by atoms with E-state index >= 15 is 0 Å². The van der Waals surface area contributed by atoms with E-state index in [0.29, 0.717) is 13.0 Å². The van der Waals surface area contributed by atoms with Gasteiger partial charge in [-0.15, -0.1) is 0 Å². The maximum absolute atomic E-state index is 13.5. The van der Waals surface area contributed by atoms with Gasteiger partial charge in [0.1, 0.15) is 6.04 Å². The number of carboxylic acids is 1. The Labute approximate surface area is 191 Å². The molecule has 2 rings (SSSR count). The largest absolute Gasteiger partial charge is 0.478 e. The van der Waals surface area contributed by atoms with E-state index in [0.717, 1.165) is 5.56 Å². The van der Waals surface area contributed by atoms with Crippen LogP contribution in [-0.4, -0.2) is 53.0 Å². The first-order valence-electron chi connectivity index (χ1n) is 11.1. The number of rotatable bonds is 7. The number of carboxylic acid groups (broad SMARTS) is 1. The summed E-state index contributed by atoms with van der Waals surface area (Å²) in [5, 5.41) is 15.5. The van der Waals surface area contributed by atoms with Crippen LogP contribution in [0.2, 0.25) is 0 Å². The Kier molecular flexibility index (Phi) is 8.24. The summed E-state index contributed by atoms with van der Waals surface area (Å²) >= 11 is 0. The Hall–Kier alpha value is -2.67. The van der Waals surface area contributed by atoms with E-state index in [-0.39, 0.29) is 23.3 Å². The molecule has 0 aliphatic carbocycles. The van der Waals surface area contributed by atoms with Crippen LogP contribution in [0, 0.1) is 11.3 Å². The van der Waals surface area contributed by atoms with Crippen molar-refractivity contribution in [3.63, 3.8) is 0 Å². The van der Waals surface area contributed by atoms with Crippen LogP contribution in [0.3, 0.4) is 0 Å². The van der Waals surface area contributed by atoms with E-state index in [2.05, 4.69) is 10.6 Å². The van der Waals surface area contributed by atoms with Crippen LogP contribution in [0.1, 0.15) is 52.7 Å². The minimum atomic E-state index is -1.01. The molecule has 3 atom stereocenters. The fourth-order valence-corrected chi connectivity index (χ4v) is 3.96. The van der Waals surface area contributed by atoms with Gasteiger partial charge in [0.2, 0.25) is 11.8 Å². The highest BCUT2D eigenvalue weighted by molar-refractivity contribution is 5.91. The summed E-state index contributed by atoms with van der Waals surface area (Å²) in [6, 6.07) is 6.46. The predicted octanol–water partition coefficient (Wildman–Crippen LogP) is 2.75. The van der Waals surface area contributed by atoms with Crippen LogP contribution in [0.15, 0.2) is 35.9 Å². The molecule has 0 saturated carbocycles. The molecule has 3 N–H and O–H groups in total. The maximum Gasteiger partial charge on any atom is 0.331 e. The highest BCUT2D eigenvalue weighted by Gasteiger charge is 2.38. The molecule has 0 fully saturated rings. The van der Waals surface area contributed by atoms with Gasteiger partial charge in [0.05, 0.1) is 12.1 Å². The highest BCUT2D eigenvalue weighted by atomic mass is 16.4. The predicted molar refractivity (Wildman–Crippen MR) is 125 cm³/mol. The Bertz CT molecular complexity index is 885. The van der Waals surface area contributed by atoms with Crippen LogP contribution < -0.4 is 10.6 Å². The maximum atomic E-state index is 13.5. The highest BCUT2D eigenvalue weighted by Crippen LogP contribution is 2.24. The molecule has 1 aliphatic rings. The van der Waals surface area contributed by atoms with Crippen molar-refractivity contribution in [2.45, 2.75) is 72.6 Å². The van der Waals surface area contributed by atoms with Crippen LogP contribution >= 0.6 is 0 Å². The minimum absolute atomic E-state index is 0.00563. The van der Waals surface area contributed by atoms with E-state index in [4.69, 9.17) is 0 Å². The Morgan fingerprint density at radius 2 is 1.78 bits per heavy atom. The summed E-state index contributed by atoms with van der Waals surface area (Å²) in [7, 11) is 1.67. The van der Waals surface area contributed by atoms with E-state index in [1.165, 1.54) is 12.5 Å². The number of aliphatic carboxylic acids is 1. The first-order valence-corrected chi connectivity index (χ1v) is 11.1. The van der Waals surface area contributed by atoms with Gasteiger partial charge in [-0.3, -0.25) is 9.59 Å². The smallest absolute Gasteiger partial charge is 0.331 e. The van der Waals surface area contributed by atoms with Crippen molar-refractivity contribution in [1.82, 2.24) is 15.5 Å². The fraction of sp³-hybridized carbons (Fsp3) is 0.560. The molecule has 1 unspecified atom stereocenters. The third-order valence-corrected chi connectivity index (χ3v) is 6.03. The minimum Gasteiger partial charge on any atom is -0.478 e. The summed E-state index contributed by atoms with van der Waals surface area (Å²) in [4.78, 5) is 39.5. The van der Waals surface area contributed by atoms with Gasteiger partial charge in [-0.05, 0) is 35.8 Å². The molecule has 0 spiro atoms. The number of carbonyl (C=O) groups excluding carboxylic acids is 2. The van der Waals surface area contributed by atoms with Gasteiger partial charge < -0.3 is 20.6 Å². The van der Waals surface area contributed by atoms with Crippen molar-refractivity contribution in [3.8, 4) is 0 Å². The summed E-state index contributed by atoms with van der Waals surface area (Å²) in [5.74, 6) is -1.46. The molecule has 1 aliphatic heterocycles. The lowest BCUT2D eigenvalue weighted by molar-refractivity contribution is -0.140. The number of carbonyl (C=O) groups is 3. The molecule has 2 amide bonds. The lowest BCUT2D eigenvalue weighted by Gasteiger charge is -2.38. The third kappa shape index (κ3) is 6.19. The zero-order chi connectivity index (χ0) is 24.2.